The van der Waals surface area contributed by atoms with Crippen molar-refractivity contribution in [2.45, 2.75) is 39.8 Å². The molecule has 19 heavy (non-hydrogen) atoms. The number of nitrogens with zero attached hydrogens (tertiary/aromatic N) is 1. The molecule has 0 saturated heterocycles. The van der Waals surface area contributed by atoms with Crippen LogP contribution in [0, 0.1) is 0 Å². The van der Waals surface area contributed by atoms with Crippen molar-refractivity contribution in [3.8, 4) is 0 Å². The van der Waals surface area contributed by atoms with Gasteiger partial charge in [-0.1, -0.05) is 0 Å². The van der Waals surface area contributed by atoms with Gasteiger partial charge >= 0.3 is 0 Å². The molecule has 0 bridgehead atoms. The van der Waals surface area contributed by atoms with E-state index < -0.39 is 0 Å². The molecule has 0 aliphatic carbocycles. The molecule has 106 valence electrons. The average Bonchev–Trinajstić information content (AvgIpc) is 2.67. The van der Waals surface area contributed by atoms with E-state index in [4.69, 9.17) is 5.73 Å². The molecule has 1 rings (SSSR count). The third-order valence-corrected chi connectivity index (χ3v) is 2.52. The number of anilines is 1. The molecule has 6 nitrogen and oxygen atoms in total. The normalized spacial score (nSPS) is 10.8. The number of hydrogen-bond donors (Lipinski definition) is 3. The highest BCUT2D eigenvalue weighted by Gasteiger charge is 2.15. The number of carbonyl (C=O) groups is 2. The van der Waals surface area contributed by atoms with Gasteiger partial charge in [-0.2, -0.15) is 0 Å². The number of nitrogens with one attached hydrogen (secondary N) is 2. The van der Waals surface area contributed by atoms with Crippen LogP contribution in [0.1, 0.15) is 44.2 Å². The zero-order valence-electron chi connectivity index (χ0n) is 11.9. The lowest BCUT2D eigenvalue weighted by atomic mass is 10.3. The standard InChI is InChI=1S/C13H22N4O2/c1-8(2)16-12(18)6-15-13(19)11-5-10(14)7-17(11)9(3)4/h5,7-9H,6,14H2,1-4H3,(H,15,19)(H,16,18). The average molecular weight is 266 g/mol. The monoisotopic (exact) mass is 266 g/mol. The molecule has 0 radical (unpaired) electrons. The van der Waals surface area contributed by atoms with E-state index in [2.05, 4.69) is 10.6 Å². The molecule has 0 fully saturated rings. The molecule has 2 amide bonds. The molecule has 1 aromatic rings. The zero-order chi connectivity index (χ0) is 14.6. The van der Waals surface area contributed by atoms with E-state index in [9.17, 15) is 9.59 Å². The largest absolute Gasteiger partial charge is 0.397 e. The lowest BCUT2D eigenvalue weighted by Gasteiger charge is -2.13. The summed E-state index contributed by atoms with van der Waals surface area (Å²) in [6.45, 7) is 7.61. The summed E-state index contributed by atoms with van der Waals surface area (Å²) in [6, 6.07) is 1.79. The minimum Gasteiger partial charge on any atom is -0.397 e. The fourth-order valence-corrected chi connectivity index (χ4v) is 1.73. The van der Waals surface area contributed by atoms with Gasteiger partial charge in [0.1, 0.15) is 5.69 Å². The van der Waals surface area contributed by atoms with Crippen molar-refractivity contribution in [3.63, 3.8) is 0 Å². The highest BCUT2D eigenvalue weighted by Crippen LogP contribution is 2.16. The second kappa shape index (κ2) is 6.26. The van der Waals surface area contributed by atoms with Crippen LogP contribution in [0.4, 0.5) is 5.69 Å². The lowest BCUT2D eigenvalue weighted by Crippen LogP contribution is -2.40. The predicted octanol–water partition coefficient (Wildman–Crippen LogP) is 0.906. The van der Waals surface area contributed by atoms with Gasteiger partial charge in [0.05, 0.1) is 12.2 Å². The van der Waals surface area contributed by atoms with E-state index in [1.807, 2.05) is 27.7 Å². The van der Waals surface area contributed by atoms with Gasteiger partial charge in [-0.3, -0.25) is 9.59 Å². The Morgan fingerprint density at radius 3 is 2.47 bits per heavy atom. The summed E-state index contributed by atoms with van der Waals surface area (Å²) >= 11 is 0. The summed E-state index contributed by atoms with van der Waals surface area (Å²) in [5.41, 5.74) is 6.69. The summed E-state index contributed by atoms with van der Waals surface area (Å²) in [4.78, 5) is 23.5. The fraction of sp³-hybridized carbons (Fsp3) is 0.538. The highest BCUT2D eigenvalue weighted by molar-refractivity contribution is 5.96. The Morgan fingerprint density at radius 2 is 1.95 bits per heavy atom. The third-order valence-electron chi connectivity index (χ3n) is 2.52. The fourth-order valence-electron chi connectivity index (χ4n) is 1.73. The molecule has 1 aromatic heterocycles. The maximum absolute atomic E-state index is 12.0. The molecular formula is C13H22N4O2. The SMILES string of the molecule is CC(C)NC(=O)CNC(=O)c1cc(N)cn1C(C)C. The molecule has 0 spiro atoms. The van der Waals surface area contributed by atoms with Gasteiger partial charge in [-0.15, -0.1) is 0 Å². The van der Waals surface area contributed by atoms with E-state index in [1.54, 1.807) is 16.8 Å². The van der Waals surface area contributed by atoms with Crippen LogP contribution in [0.25, 0.3) is 0 Å². The van der Waals surface area contributed by atoms with Crippen molar-refractivity contribution >= 4 is 17.5 Å². The molecule has 0 aliphatic heterocycles. The smallest absolute Gasteiger partial charge is 0.268 e. The maximum Gasteiger partial charge on any atom is 0.268 e. The number of rotatable bonds is 5. The highest BCUT2D eigenvalue weighted by atomic mass is 16.2. The van der Waals surface area contributed by atoms with E-state index in [0.29, 0.717) is 11.4 Å². The van der Waals surface area contributed by atoms with Gasteiger partial charge in [0.2, 0.25) is 5.91 Å². The molecule has 0 atom stereocenters. The number of amides is 2. The topological polar surface area (TPSA) is 89.2 Å². The Morgan fingerprint density at radius 1 is 1.32 bits per heavy atom. The molecule has 6 heteroatoms. The number of nitrogens with two attached hydrogens (primary N) is 1. The van der Waals surface area contributed by atoms with Crippen LogP contribution in [0.2, 0.25) is 0 Å². The van der Waals surface area contributed by atoms with Gasteiger partial charge in [0.25, 0.3) is 5.91 Å². The Kier molecular flexibility index (Phi) is 4.97. The van der Waals surface area contributed by atoms with Crippen LogP contribution in [-0.2, 0) is 4.79 Å². The summed E-state index contributed by atoms with van der Waals surface area (Å²) in [5.74, 6) is -0.511. The first-order valence-corrected chi connectivity index (χ1v) is 6.36. The number of hydrogen-bond acceptors (Lipinski definition) is 3. The van der Waals surface area contributed by atoms with E-state index in [-0.39, 0.29) is 30.4 Å². The van der Waals surface area contributed by atoms with Gasteiger partial charge < -0.3 is 20.9 Å². The predicted molar refractivity (Wildman–Crippen MR) is 74.8 cm³/mol. The van der Waals surface area contributed by atoms with Gasteiger partial charge in [0.15, 0.2) is 0 Å². The van der Waals surface area contributed by atoms with Crippen molar-refractivity contribution in [3.05, 3.63) is 18.0 Å². The lowest BCUT2D eigenvalue weighted by molar-refractivity contribution is -0.120. The first kappa shape index (κ1) is 15.1. The molecular weight excluding hydrogens is 244 g/mol. The summed E-state index contributed by atoms with van der Waals surface area (Å²) < 4.78 is 1.78. The molecule has 0 aromatic carbocycles. The molecule has 1 heterocycles. The van der Waals surface area contributed by atoms with Crippen LogP contribution < -0.4 is 16.4 Å². The van der Waals surface area contributed by atoms with Crippen molar-refractivity contribution in [1.29, 1.82) is 0 Å². The van der Waals surface area contributed by atoms with Crippen LogP contribution in [0.3, 0.4) is 0 Å². The van der Waals surface area contributed by atoms with E-state index >= 15 is 0 Å². The van der Waals surface area contributed by atoms with E-state index in [0.717, 1.165) is 0 Å². The van der Waals surface area contributed by atoms with Crippen LogP contribution >= 0.6 is 0 Å². The van der Waals surface area contributed by atoms with Crippen molar-refractivity contribution < 1.29 is 9.59 Å². The summed E-state index contributed by atoms with van der Waals surface area (Å²) in [6.07, 6.45) is 1.72. The number of carbonyl (C=O) groups excluding carboxylic acids is 2. The van der Waals surface area contributed by atoms with E-state index in [1.165, 1.54) is 0 Å². The quantitative estimate of drug-likeness (QED) is 0.740. The number of aromatic nitrogens is 1. The molecule has 0 unspecified atom stereocenters. The maximum atomic E-state index is 12.0. The van der Waals surface area contributed by atoms with Crippen LogP contribution in [0.5, 0.6) is 0 Å². The van der Waals surface area contributed by atoms with Crippen LogP contribution in [-0.4, -0.2) is 29.0 Å². The second-order valence-electron chi connectivity index (χ2n) is 5.06. The third kappa shape index (κ3) is 4.31. The Labute approximate surface area is 113 Å². The zero-order valence-corrected chi connectivity index (χ0v) is 11.9. The Hall–Kier alpha value is -1.98. The minimum atomic E-state index is -0.302. The van der Waals surface area contributed by atoms with Crippen molar-refractivity contribution in [1.82, 2.24) is 15.2 Å². The molecule has 0 saturated carbocycles. The van der Waals surface area contributed by atoms with Gasteiger partial charge in [-0.25, -0.2) is 0 Å². The van der Waals surface area contributed by atoms with Crippen molar-refractivity contribution in [2.24, 2.45) is 0 Å². The summed E-state index contributed by atoms with van der Waals surface area (Å²) in [5, 5.41) is 5.29. The van der Waals surface area contributed by atoms with Crippen molar-refractivity contribution in [2.75, 3.05) is 12.3 Å². The first-order valence-electron chi connectivity index (χ1n) is 6.36. The van der Waals surface area contributed by atoms with Crippen LogP contribution in [0.15, 0.2) is 12.3 Å². The molecule has 4 N–H and O–H groups in total. The second-order valence-corrected chi connectivity index (χ2v) is 5.06. The van der Waals surface area contributed by atoms with Gasteiger partial charge in [0, 0.05) is 18.3 Å². The van der Waals surface area contributed by atoms with Gasteiger partial charge in [-0.05, 0) is 33.8 Å². The minimum absolute atomic E-state index is 0.0415. The first-order chi connectivity index (χ1) is 8.81. The summed E-state index contributed by atoms with van der Waals surface area (Å²) in [7, 11) is 0. The molecule has 0 aliphatic rings. The Balaban J connectivity index is 2.66. The Bertz CT molecular complexity index is 463. The number of nitrogen functional groups attached to an aromatic ring is 1.